The summed E-state index contributed by atoms with van der Waals surface area (Å²) in [5, 5.41) is 0. The smallest absolute Gasteiger partial charge is 0.410 e. The molecule has 126 valence electrons. The van der Waals surface area contributed by atoms with Gasteiger partial charge in [-0.15, -0.1) is 0 Å². The molecule has 0 aromatic heterocycles. The van der Waals surface area contributed by atoms with Gasteiger partial charge in [-0.3, -0.25) is 4.90 Å². The third-order valence-corrected chi connectivity index (χ3v) is 4.20. The molecule has 2 heterocycles. The van der Waals surface area contributed by atoms with E-state index in [1.807, 2.05) is 26.8 Å². The number of amides is 1. The topological polar surface area (TPSA) is 42.0 Å². The quantitative estimate of drug-likeness (QED) is 0.840. The fourth-order valence-corrected chi connectivity index (χ4v) is 3.08. The Morgan fingerprint density at radius 2 is 1.96 bits per heavy atom. The minimum Gasteiger partial charge on any atom is -0.489 e. The molecule has 2 aliphatic rings. The molecule has 5 heteroatoms. The average Bonchev–Trinajstić information content (AvgIpc) is 3.02. The molecule has 0 saturated carbocycles. The Balaban J connectivity index is 1.63. The second kappa shape index (κ2) is 6.04. The molecule has 1 aromatic rings. The summed E-state index contributed by atoms with van der Waals surface area (Å²) in [6.45, 7) is 8.92. The summed E-state index contributed by atoms with van der Waals surface area (Å²) in [6, 6.07) is 6.14. The van der Waals surface area contributed by atoms with E-state index in [2.05, 4.69) is 24.1 Å². The summed E-state index contributed by atoms with van der Waals surface area (Å²) in [6.07, 6.45) is 1.08. The van der Waals surface area contributed by atoms with Crippen molar-refractivity contribution in [1.82, 2.24) is 9.80 Å². The number of carbonyl (C=O) groups is 1. The Morgan fingerprint density at radius 1 is 1.22 bits per heavy atom. The Morgan fingerprint density at radius 3 is 2.61 bits per heavy atom. The van der Waals surface area contributed by atoms with Gasteiger partial charge in [-0.1, -0.05) is 6.07 Å². The molecular formula is C18H26N2O3. The predicted octanol–water partition coefficient (Wildman–Crippen LogP) is 3.02. The van der Waals surface area contributed by atoms with Crippen LogP contribution in [0.25, 0.3) is 0 Å². The van der Waals surface area contributed by atoms with Crippen molar-refractivity contribution in [2.75, 3.05) is 20.1 Å². The molecule has 1 amide bonds. The lowest BCUT2D eigenvalue weighted by molar-refractivity contribution is 0.0241. The van der Waals surface area contributed by atoms with Crippen LogP contribution >= 0.6 is 0 Å². The normalized spacial score (nSPS) is 21.4. The lowest BCUT2D eigenvalue weighted by atomic mass is 10.1. The highest BCUT2D eigenvalue weighted by molar-refractivity contribution is 5.69. The first-order chi connectivity index (χ1) is 10.8. The van der Waals surface area contributed by atoms with E-state index in [1.165, 1.54) is 5.56 Å². The fraction of sp³-hybridized carbons (Fsp3) is 0.611. The molecule has 23 heavy (non-hydrogen) atoms. The standard InChI is InChI=1S/C18H26N2O3/c1-18(2,3)23-17(21)20-10-13-5-6-15(9-14(13)11-20)22-16-7-8-19(4)12-16/h5-6,9,16H,7-8,10-12H2,1-4H3/t16-/m0/s1. The molecule has 2 aliphatic heterocycles. The zero-order chi connectivity index (χ0) is 16.6. The summed E-state index contributed by atoms with van der Waals surface area (Å²) < 4.78 is 11.5. The number of rotatable bonds is 2. The Hall–Kier alpha value is -1.75. The minimum absolute atomic E-state index is 0.256. The van der Waals surface area contributed by atoms with Gasteiger partial charge < -0.3 is 14.4 Å². The summed E-state index contributed by atoms with van der Waals surface area (Å²) in [4.78, 5) is 16.2. The van der Waals surface area contributed by atoms with Crippen molar-refractivity contribution >= 4 is 6.09 Å². The summed E-state index contributed by atoms with van der Waals surface area (Å²) >= 11 is 0. The zero-order valence-electron chi connectivity index (χ0n) is 14.5. The van der Waals surface area contributed by atoms with Crippen molar-refractivity contribution in [2.45, 2.75) is 52.0 Å². The first kappa shape index (κ1) is 16.1. The molecule has 0 spiro atoms. The monoisotopic (exact) mass is 318 g/mol. The zero-order valence-corrected chi connectivity index (χ0v) is 14.5. The van der Waals surface area contributed by atoms with Crippen molar-refractivity contribution in [3.8, 4) is 5.75 Å². The van der Waals surface area contributed by atoms with E-state index in [4.69, 9.17) is 9.47 Å². The van der Waals surface area contributed by atoms with Crippen LogP contribution < -0.4 is 4.74 Å². The highest BCUT2D eigenvalue weighted by atomic mass is 16.6. The number of hydrogen-bond donors (Lipinski definition) is 0. The van der Waals surface area contributed by atoms with Gasteiger partial charge in [0.05, 0.1) is 0 Å². The lowest BCUT2D eigenvalue weighted by Gasteiger charge is -2.24. The van der Waals surface area contributed by atoms with Crippen LogP contribution in [0.1, 0.15) is 38.3 Å². The predicted molar refractivity (Wildman–Crippen MR) is 88.5 cm³/mol. The lowest BCUT2D eigenvalue weighted by Crippen LogP contribution is -2.33. The molecular weight excluding hydrogens is 292 g/mol. The van der Waals surface area contributed by atoms with E-state index < -0.39 is 5.60 Å². The van der Waals surface area contributed by atoms with Crippen molar-refractivity contribution < 1.29 is 14.3 Å². The van der Waals surface area contributed by atoms with Crippen LogP contribution in [0.3, 0.4) is 0 Å². The number of fused-ring (bicyclic) bond motifs is 1. The van der Waals surface area contributed by atoms with Gasteiger partial charge in [-0.05, 0) is 57.5 Å². The third kappa shape index (κ3) is 3.96. The molecule has 0 aliphatic carbocycles. The van der Waals surface area contributed by atoms with Gasteiger partial charge in [0.15, 0.2) is 0 Å². The SMILES string of the molecule is CN1CC[C@H](Oc2ccc3c(c2)CN(C(=O)OC(C)(C)C)C3)C1. The molecule has 0 bridgehead atoms. The molecule has 0 radical (unpaired) electrons. The van der Waals surface area contributed by atoms with Crippen LogP contribution in [-0.2, 0) is 17.8 Å². The minimum atomic E-state index is -0.464. The van der Waals surface area contributed by atoms with Gasteiger partial charge in [-0.25, -0.2) is 4.79 Å². The van der Waals surface area contributed by atoms with E-state index in [9.17, 15) is 4.79 Å². The van der Waals surface area contributed by atoms with Crippen LogP contribution in [0.5, 0.6) is 5.75 Å². The molecule has 0 unspecified atom stereocenters. The largest absolute Gasteiger partial charge is 0.489 e. The van der Waals surface area contributed by atoms with Gasteiger partial charge in [0.25, 0.3) is 0 Å². The Labute approximate surface area is 138 Å². The number of ether oxygens (including phenoxy) is 2. The summed E-state index contributed by atoms with van der Waals surface area (Å²) in [5.74, 6) is 0.898. The maximum Gasteiger partial charge on any atom is 0.410 e. The molecule has 1 atom stereocenters. The van der Waals surface area contributed by atoms with Gasteiger partial charge in [-0.2, -0.15) is 0 Å². The van der Waals surface area contributed by atoms with E-state index in [0.29, 0.717) is 13.1 Å². The Bertz CT molecular complexity index is 594. The molecule has 1 saturated heterocycles. The van der Waals surface area contributed by atoms with Crippen molar-refractivity contribution in [2.24, 2.45) is 0 Å². The van der Waals surface area contributed by atoms with Crippen molar-refractivity contribution in [1.29, 1.82) is 0 Å². The molecule has 1 aromatic carbocycles. The average molecular weight is 318 g/mol. The molecule has 0 N–H and O–H groups in total. The van der Waals surface area contributed by atoms with Gasteiger partial charge in [0.2, 0.25) is 0 Å². The third-order valence-electron chi connectivity index (χ3n) is 4.20. The van der Waals surface area contributed by atoms with Gasteiger partial charge in [0.1, 0.15) is 17.5 Å². The first-order valence-electron chi connectivity index (χ1n) is 8.25. The van der Waals surface area contributed by atoms with Crippen molar-refractivity contribution in [3.05, 3.63) is 29.3 Å². The van der Waals surface area contributed by atoms with E-state index in [1.54, 1.807) is 4.90 Å². The summed E-state index contributed by atoms with van der Waals surface area (Å²) in [5.41, 5.74) is 1.86. The number of benzene rings is 1. The number of likely N-dealkylation sites (tertiary alicyclic amines) is 1. The van der Waals surface area contributed by atoms with E-state index in [-0.39, 0.29) is 12.2 Å². The number of hydrogen-bond acceptors (Lipinski definition) is 4. The van der Waals surface area contributed by atoms with Crippen LogP contribution in [0.4, 0.5) is 4.79 Å². The number of carbonyl (C=O) groups excluding carboxylic acids is 1. The maximum absolute atomic E-state index is 12.2. The number of nitrogens with zero attached hydrogens (tertiary/aromatic N) is 2. The number of likely N-dealkylation sites (N-methyl/N-ethyl adjacent to an activating group) is 1. The highest BCUT2D eigenvalue weighted by Crippen LogP contribution is 2.29. The van der Waals surface area contributed by atoms with E-state index in [0.717, 1.165) is 30.8 Å². The van der Waals surface area contributed by atoms with E-state index >= 15 is 0 Å². The fourth-order valence-electron chi connectivity index (χ4n) is 3.08. The van der Waals surface area contributed by atoms with Crippen molar-refractivity contribution in [3.63, 3.8) is 0 Å². The first-order valence-corrected chi connectivity index (χ1v) is 8.25. The van der Waals surface area contributed by atoms with Crippen LogP contribution in [0, 0.1) is 0 Å². The van der Waals surface area contributed by atoms with Gasteiger partial charge in [0, 0.05) is 26.2 Å². The molecule has 5 nitrogen and oxygen atoms in total. The maximum atomic E-state index is 12.2. The second-order valence-electron chi connectivity index (χ2n) is 7.56. The van der Waals surface area contributed by atoms with Crippen LogP contribution in [0.2, 0.25) is 0 Å². The molecule has 3 rings (SSSR count). The highest BCUT2D eigenvalue weighted by Gasteiger charge is 2.28. The van der Waals surface area contributed by atoms with Gasteiger partial charge >= 0.3 is 6.09 Å². The Kier molecular flexibility index (Phi) is 4.23. The van der Waals surface area contributed by atoms with Crippen LogP contribution in [0.15, 0.2) is 18.2 Å². The summed E-state index contributed by atoms with van der Waals surface area (Å²) in [7, 11) is 2.12. The second-order valence-corrected chi connectivity index (χ2v) is 7.56. The molecule has 1 fully saturated rings. The van der Waals surface area contributed by atoms with Crippen LogP contribution in [-0.4, -0.2) is 47.7 Å².